The Morgan fingerprint density at radius 1 is 1.43 bits per heavy atom. The molecule has 0 bridgehead atoms. The second-order valence-electron chi connectivity index (χ2n) is 2.66. The van der Waals surface area contributed by atoms with Crippen LogP contribution in [0.1, 0.15) is 6.92 Å². The van der Waals surface area contributed by atoms with Crippen LogP contribution >= 0.6 is 12.4 Å². The first kappa shape index (κ1) is 12.6. The highest BCUT2D eigenvalue weighted by Gasteiger charge is 2.00. The third kappa shape index (κ3) is 3.14. The molecule has 0 saturated carbocycles. The van der Waals surface area contributed by atoms with Crippen molar-refractivity contribution < 1.29 is 9.90 Å². The third-order valence-electron chi connectivity index (χ3n) is 1.59. The summed E-state index contributed by atoms with van der Waals surface area (Å²) in [6, 6.07) is 4.90. The predicted octanol–water partition coefficient (Wildman–Crippen LogP) is 1.81. The summed E-state index contributed by atoms with van der Waals surface area (Å²) in [5.41, 5.74) is 1.22. The maximum atomic E-state index is 10.7. The van der Waals surface area contributed by atoms with E-state index in [2.05, 4.69) is 10.6 Å². The van der Waals surface area contributed by atoms with Crippen LogP contribution < -0.4 is 10.6 Å². The van der Waals surface area contributed by atoms with Gasteiger partial charge in [0, 0.05) is 25.7 Å². The SMILES string of the molecule is CNc1ccc(NC(C)=O)cc1O.Cl. The zero-order valence-electron chi connectivity index (χ0n) is 8.00. The number of hydrogen-bond acceptors (Lipinski definition) is 3. The largest absolute Gasteiger partial charge is 0.506 e. The van der Waals surface area contributed by atoms with E-state index in [9.17, 15) is 9.90 Å². The van der Waals surface area contributed by atoms with Gasteiger partial charge in [-0.05, 0) is 12.1 Å². The maximum Gasteiger partial charge on any atom is 0.221 e. The number of hydrogen-bond donors (Lipinski definition) is 3. The van der Waals surface area contributed by atoms with Gasteiger partial charge >= 0.3 is 0 Å². The summed E-state index contributed by atoms with van der Waals surface area (Å²) in [5, 5.41) is 14.8. The minimum absolute atomic E-state index is 0. The van der Waals surface area contributed by atoms with Gasteiger partial charge in [0.2, 0.25) is 5.91 Å². The first-order valence-corrected chi connectivity index (χ1v) is 3.92. The number of aromatic hydroxyl groups is 1. The summed E-state index contributed by atoms with van der Waals surface area (Å²) in [4.78, 5) is 10.7. The van der Waals surface area contributed by atoms with Gasteiger partial charge in [-0.15, -0.1) is 12.4 Å². The van der Waals surface area contributed by atoms with Crippen molar-refractivity contribution >= 4 is 29.7 Å². The van der Waals surface area contributed by atoms with E-state index < -0.39 is 0 Å². The van der Waals surface area contributed by atoms with Crippen molar-refractivity contribution in [1.29, 1.82) is 0 Å². The minimum atomic E-state index is -0.156. The van der Waals surface area contributed by atoms with Crippen molar-refractivity contribution in [3.05, 3.63) is 18.2 Å². The Balaban J connectivity index is 0.00000169. The van der Waals surface area contributed by atoms with Crippen LogP contribution in [0.15, 0.2) is 18.2 Å². The van der Waals surface area contributed by atoms with Crippen LogP contribution in [0.4, 0.5) is 11.4 Å². The fraction of sp³-hybridized carbons (Fsp3) is 0.222. The molecule has 78 valence electrons. The number of phenolic OH excluding ortho intramolecular Hbond substituents is 1. The van der Waals surface area contributed by atoms with Crippen LogP contribution in [0.2, 0.25) is 0 Å². The second-order valence-corrected chi connectivity index (χ2v) is 2.66. The molecule has 0 fully saturated rings. The lowest BCUT2D eigenvalue weighted by Crippen LogP contribution is -2.05. The monoisotopic (exact) mass is 216 g/mol. The summed E-state index contributed by atoms with van der Waals surface area (Å²) >= 11 is 0. The Morgan fingerprint density at radius 2 is 2.07 bits per heavy atom. The smallest absolute Gasteiger partial charge is 0.221 e. The zero-order valence-corrected chi connectivity index (χ0v) is 8.81. The number of benzene rings is 1. The van der Waals surface area contributed by atoms with Gasteiger partial charge in [0.15, 0.2) is 0 Å². The van der Waals surface area contributed by atoms with Crippen molar-refractivity contribution in [3.8, 4) is 5.75 Å². The van der Waals surface area contributed by atoms with Crippen molar-refractivity contribution in [2.24, 2.45) is 0 Å². The van der Waals surface area contributed by atoms with E-state index in [0.29, 0.717) is 11.4 Å². The van der Waals surface area contributed by atoms with Crippen LogP contribution in [0, 0.1) is 0 Å². The number of amides is 1. The fourth-order valence-electron chi connectivity index (χ4n) is 1.02. The molecule has 0 radical (unpaired) electrons. The number of carbonyl (C=O) groups is 1. The highest BCUT2D eigenvalue weighted by atomic mass is 35.5. The summed E-state index contributed by atoms with van der Waals surface area (Å²) in [7, 11) is 1.72. The van der Waals surface area contributed by atoms with Crippen LogP contribution in [0.3, 0.4) is 0 Å². The quantitative estimate of drug-likeness (QED) is 0.661. The molecule has 0 unspecified atom stereocenters. The molecule has 0 saturated heterocycles. The lowest BCUT2D eigenvalue weighted by molar-refractivity contribution is -0.114. The van der Waals surface area contributed by atoms with Crippen LogP contribution in [0.25, 0.3) is 0 Å². The number of rotatable bonds is 2. The molecule has 0 aromatic heterocycles. The first-order chi connectivity index (χ1) is 6.13. The molecule has 0 heterocycles. The normalized spacial score (nSPS) is 8.71. The maximum absolute atomic E-state index is 10.7. The van der Waals surface area contributed by atoms with Crippen molar-refractivity contribution in [3.63, 3.8) is 0 Å². The standard InChI is InChI=1S/C9H12N2O2.ClH/c1-6(12)11-7-3-4-8(10-2)9(13)5-7;/h3-5,10,13H,1-2H3,(H,11,12);1H. The molecule has 1 rings (SSSR count). The summed E-state index contributed by atoms with van der Waals surface area (Å²) in [5.74, 6) is -0.0367. The van der Waals surface area contributed by atoms with Gasteiger partial charge < -0.3 is 15.7 Å². The Morgan fingerprint density at radius 3 is 2.50 bits per heavy atom. The molecular weight excluding hydrogens is 204 g/mol. The predicted molar refractivity (Wildman–Crippen MR) is 59.2 cm³/mol. The van der Waals surface area contributed by atoms with Gasteiger partial charge in [-0.25, -0.2) is 0 Å². The molecular formula is C9H13ClN2O2. The highest BCUT2D eigenvalue weighted by molar-refractivity contribution is 5.89. The van der Waals surface area contributed by atoms with Gasteiger partial charge in [0.1, 0.15) is 5.75 Å². The van der Waals surface area contributed by atoms with E-state index in [-0.39, 0.29) is 24.1 Å². The van der Waals surface area contributed by atoms with Gasteiger partial charge in [0.05, 0.1) is 5.69 Å². The summed E-state index contributed by atoms with van der Waals surface area (Å²) < 4.78 is 0. The van der Waals surface area contributed by atoms with E-state index in [1.165, 1.54) is 13.0 Å². The van der Waals surface area contributed by atoms with Crippen molar-refractivity contribution in [1.82, 2.24) is 0 Å². The zero-order chi connectivity index (χ0) is 9.84. The first-order valence-electron chi connectivity index (χ1n) is 3.92. The lowest BCUT2D eigenvalue weighted by Gasteiger charge is -2.06. The molecule has 0 aliphatic carbocycles. The van der Waals surface area contributed by atoms with Gasteiger partial charge in [-0.1, -0.05) is 0 Å². The van der Waals surface area contributed by atoms with E-state index in [1.54, 1.807) is 19.2 Å². The average Bonchev–Trinajstić information content (AvgIpc) is 2.03. The van der Waals surface area contributed by atoms with Gasteiger partial charge in [-0.3, -0.25) is 4.79 Å². The molecule has 4 nitrogen and oxygen atoms in total. The molecule has 1 aromatic carbocycles. The molecule has 1 amide bonds. The van der Waals surface area contributed by atoms with Crippen molar-refractivity contribution in [2.45, 2.75) is 6.92 Å². The molecule has 0 aliphatic heterocycles. The number of nitrogens with one attached hydrogen (secondary N) is 2. The van der Waals surface area contributed by atoms with E-state index in [0.717, 1.165) is 0 Å². The molecule has 0 spiro atoms. The molecule has 1 aromatic rings. The van der Waals surface area contributed by atoms with Gasteiger partial charge in [-0.2, -0.15) is 0 Å². The number of phenols is 1. The van der Waals surface area contributed by atoms with Gasteiger partial charge in [0.25, 0.3) is 0 Å². The lowest BCUT2D eigenvalue weighted by atomic mass is 10.2. The third-order valence-corrected chi connectivity index (χ3v) is 1.59. The summed E-state index contributed by atoms with van der Waals surface area (Å²) in [6.45, 7) is 1.42. The Labute approximate surface area is 88.7 Å². The topological polar surface area (TPSA) is 61.4 Å². The van der Waals surface area contributed by atoms with E-state index in [1.807, 2.05) is 0 Å². The Hall–Kier alpha value is -1.42. The van der Waals surface area contributed by atoms with Crippen molar-refractivity contribution in [2.75, 3.05) is 17.7 Å². The van der Waals surface area contributed by atoms with Crippen LogP contribution in [-0.4, -0.2) is 18.1 Å². The molecule has 3 N–H and O–H groups in total. The molecule has 0 atom stereocenters. The second kappa shape index (κ2) is 5.34. The number of carbonyl (C=O) groups excluding carboxylic acids is 1. The fourth-order valence-corrected chi connectivity index (χ4v) is 1.02. The molecule has 14 heavy (non-hydrogen) atoms. The van der Waals surface area contributed by atoms with E-state index >= 15 is 0 Å². The average molecular weight is 217 g/mol. The molecule has 5 heteroatoms. The Bertz CT molecular complexity index is 329. The Kier molecular flexibility index (Phi) is 4.80. The minimum Gasteiger partial charge on any atom is -0.506 e. The summed E-state index contributed by atoms with van der Waals surface area (Å²) in [6.07, 6.45) is 0. The van der Waals surface area contributed by atoms with Crippen LogP contribution in [-0.2, 0) is 4.79 Å². The van der Waals surface area contributed by atoms with E-state index in [4.69, 9.17) is 0 Å². The number of halogens is 1. The molecule has 0 aliphatic rings. The number of anilines is 2. The van der Waals surface area contributed by atoms with Crippen LogP contribution in [0.5, 0.6) is 5.75 Å². The highest BCUT2D eigenvalue weighted by Crippen LogP contribution is 2.25.